The lowest BCUT2D eigenvalue weighted by atomic mass is 9.76. The van der Waals surface area contributed by atoms with E-state index in [1.807, 2.05) is 0 Å². The minimum absolute atomic E-state index is 0.0556. The van der Waals surface area contributed by atoms with E-state index in [4.69, 9.17) is 5.11 Å². The topological polar surface area (TPSA) is 37.3 Å². The Morgan fingerprint density at radius 1 is 1.62 bits per heavy atom. The predicted octanol–water partition coefficient (Wildman–Crippen LogP) is 2.55. The van der Waals surface area contributed by atoms with Crippen LogP contribution in [0.15, 0.2) is 11.8 Å². The Morgan fingerprint density at radius 3 is 2.69 bits per heavy atom. The van der Waals surface area contributed by atoms with E-state index in [-0.39, 0.29) is 36.5 Å². The fraction of sp³-hybridized carbons (Fsp3) is 0.700. The summed E-state index contributed by atoms with van der Waals surface area (Å²) < 4.78 is 14.0. The van der Waals surface area contributed by atoms with Crippen molar-refractivity contribution in [3.05, 3.63) is 11.8 Å². The first-order valence-electron chi connectivity index (χ1n) is 4.55. The van der Waals surface area contributed by atoms with E-state index in [1.54, 1.807) is 13.8 Å². The molecule has 1 saturated carbocycles. The van der Waals surface area contributed by atoms with Crippen LogP contribution < -0.4 is 0 Å². The molecule has 0 aromatic heterocycles. The third-order valence-corrected chi connectivity index (χ3v) is 2.80. The zero-order valence-electron chi connectivity index (χ0n) is 8.01. The Kier molecular flexibility index (Phi) is 2.74. The highest BCUT2D eigenvalue weighted by atomic mass is 19.1. The molecule has 1 atom stereocenters. The predicted molar refractivity (Wildman–Crippen MR) is 48.2 cm³/mol. The molecule has 1 fully saturated rings. The van der Waals surface area contributed by atoms with Crippen LogP contribution in [0.1, 0.15) is 33.1 Å². The van der Waals surface area contributed by atoms with Crippen LogP contribution in [-0.4, -0.2) is 16.6 Å². The second-order valence-corrected chi connectivity index (χ2v) is 3.94. The number of Topliss-reactive ketones (excluding diaryl/α,β-unsaturated/α-hetero) is 1. The maximum absolute atomic E-state index is 14.0. The van der Waals surface area contributed by atoms with Crippen LogP contribution in [0, 0.1) is 5.92 Å². The van der Waals surface area contributed by atoms with Crippen LogP contribution in [0.3, 0.4) is 0 Å². The molecule has 0 aromatic rings. The van der Waals surface area contributed by atoms with Crippen molar-refractivity contribution in [1.82, 2.24) is 0 Å². The molecule has 0 heterocycles. The fourth-order valence-corrected chi connectivity index (χ4v) is 1.60. The zero-order valence-corrected chi connectivity index (χ0v) is 8.01. The highest BCUT2D eigenvalue weighted by Crippen LogP contribution is 2.38. The van der Waals surface area contributed by atoms with E-state index in [0.29, 0.717) is 0 Å². The SMILES string of the molecule is CC(C)C1(F)CCC(=O)/C(=C/O)C1. The molecule has 0 radical (unpaired) electrons. The monoisotopic (exact) mass is 186 g/mol. The largest absolute Gasteiger partial charge is 0.515 e. The Bertz CT molecular complexity index is 245. The standard InChI is InChI=1S/C10H15FO2/c1-7(2)10(11)4-3-9(13)8(5-10)6-12/h6-7,12H,3-5H2,1-2H3/b8-6+. The lowest BCUT2D eigenvalue weighted by Crippen LogP contribution is -2.36. The molecule has 0 saturated heterocycles. The molecule has 1 rings (SSSR count). The summed E-state index contributed by atoms with van der Waals surface area (Å²) in [5.41, 5.74) is -1.09. The van der Waals surface area contributed by atoms with Crippen LogP contribution in [0.2, 0.25) is 0 Å². The smallest absolute Gasteiger partial charge is 0.162 e. The number of carbonyl (C=O) groups excluding carboxylic acids is 1. The third kappa shape index (κ3) is 1.90. The minimum Gasteiger partial charge on any atom is -0.515 e. The number of allylic oxidation sites excluding steroid dienone is 1. The van der Waals surface area contributed by atoms with Gasteiger partial charge in [-0.2, -0.15) is 0 Å². The molecule has 3 heteroatoms. The number of hydrogen-bond donors (Lipinski definition) is 1. The summed E-state index contributed by atoms with van der Waals surface area (Å²) >= 11 is 0. The Morgan fingerprint density at radius 2 is 2.23 bits per heavy atom. The van der Waals surface area contributed by atoms with Crippen molar-refractivity contribution < 1.29 is 14.3 Å². The van der Waals surface area contributed by atoms with Crippen LogP contribution in [0.4, 0.5) is 4.39 Å². The van der Waals surface area contributed by atoms with E-state index >= 15 is 0 Å². The molecule has 0 aromatic carbocycles. The van der Waals surface area contributed by atoms with E-state index in [1.165, 1.54) is 0 Å². The summed E-state index contributed by atoms with van der Waals surface area (Å²) in [5.74, 6) is -0.244. The molecule has 0 aliphatic heterocycles. The maximum Gasteiger partial charge on any atom is 0.162 e. The molecular formula is C10H15FO2. The number of hydrogen-bond acceptors (Lipinski definition) is 2. The number of carbonyl (C=O) groups is 1. The average molecular weight is 186 g/mol. The number of aliphatic hydroxyl groups excluding tert-OH is 1. The summed E-state index contributed by atoms with van der Waals surface area (Å²) in [6.07, 6.45) is 1.29. The van der Waals surface area contributed by atoms with Crippen LogP contribution in [0.25, 0.3) is 0 Å². The maximum atomic E-state index is 14.0. The number of ketones is 1. The molecule has 13 heavy (non-hydrogen) atoms. The van der Waals surface area contributed by atoms with Gasteiger partial charge in [-0.3, -0.25) is 4.79 Å². The van der Waals surface area contributed by atoms with Gasteiger partial charge in [0.2, 0.25) is 0 Å². The summed E-state index contributed by atoms with van der Waals surface area (Å²) in [4.78, 5) is 11.1. The van der Waals surface area contributed by atoms with Crippen molar-refractivity contribution in [3.63, 3.8) is 0 Å². The van der Waals surface area contributed by atoms with Gasteiger partial charge < -0.3 is 5.11 Å². The van der Waals surface area contributed by atoms with Crippen molar-refractivity contribution in [2.75, 3.05) is 0 Å². The molecule has 1 unspecified atom stereocenters. The minimum atomic E-state index is -1.32. The van der Waals surface area contributed by atoms with Crippen molar-refractivity contribution in [2.24, 2.45) is 5.92 Å². The molecule has 0 spiro atoms. The Hall–Kier alpha value is -0.860. The van der Waals surface area contributed by atoms with Gasteiger partial charge in [-0.25, -0.2) is 4.39 Å². The fourth-order valence-electron chi connectivity index (χ4n) is 1.60. The van der Waals surface area contributed by atoms with E-state index in [9.17, 15) is 9.18 Å². The van der Waals surface area contributed by atoms with Gasteiger partial charge in [-0.15, -0.1) is 0 Å². The Labute approximate surface area is 77.4 Å². The first-order valence-corrected chi connectivity index (χ1v) is 4.55. The third-order valence-electron chi connectivity index (χ3n) is 2.80. The molecule has 2 nitrogen and oxygen atoms in total. The molecule has 0 amide bonds. The molecule has 74 valence electrons. The number of aliphatic hydroxyl groups is 1. The summed E-state index contributed by atoms with van der Waals surface area (Å²) in [6.45, 7) is 3.59. The number of halogens is 1. The van der Waals surface area contributed by atoms with Gasteiger partial charge in [0, 0.05) is 18.4 Å². The normalized spacial score (nSPS) is 32.9. The van der Waals surface area contributed by atoms with E-state index in [0.717, 1.165) is 6.26 Å². The van der Waals surface area contributed by atoms with Crippen molar-refractivity contribution in [3.8, 4) is 0 Å². The molecule has 1 N–H and O–H groups in total. The second-order valence-electron chi connectivity index (χ2n) is 3.94. The number of alkyl halides is 1. The van der Waals surface area contributed by atoms with Gasteiger partial charge in [0.25, 0.3) is 0 Å². The average Bonchev–Trinajstić information content (AvgIpc) is 2.09. The van der Waals surface area contributed by atoms with Crippen LogP contribution in [0.5, 0.6) is 0 Å². The van der Waals surface area contributed by atoms with E-state index < -0.39 is 5.67 Å². The van der Waals surface area contributed by atoms with Crippen molar-refractivity contribution in [2.45, 2.75) is 38.8 Å². The molecule has 0 bridgehead atoms. The van der Waals surface area contributed by atoms with E-state index in [2.05, 4.69) is 0 Å². The van der Waals surface area contributed by atoms with Crippen molar-refractivity contribution >= 4 is 5.78 Å². The van der Waals surface area contributed by atoms with Gasteiger partial charge in [0.1, 0.15) is 5.67 Å². The number of rotatable bonds is 1. The Balaban J connectivity index is 2.81. The van der Waals surface area contributed by atoms with Crippen LogP contribution >= 0.6 is 0 Å². The quantitative estimate of drug-likeness (QED) is 0.504. The molecule has 1 aliphatic carbocycles. The summed E-state index contributed by atoms with van der Waals surface area (Å²) in [5, 5.41) is 8.73. The first-order chi connectivity index (χ1) is 5.99. The van der Waals surface area contributed by atoms with Gasteiger partial charge in [0.15, 0.2) is 5.78 Å². The van der Waals surface area contributed by atoms with Crippen molar-refractivity contribution in [1.29, 1.82) is 0 Å². The van der Waals surface area contributed by atoms with Crippen LogP contribution in [-0.2, 0) is 4.79 Å². The molecular weight excluding hydrogens is 171 g/mol. The van der Waals surface area contributed by atoms with Gasteiger partial charge in [-0.05, 0) is 12.3 Å². The lowest BCUT2D eigenvalue weighted by molar-refractivity contribution is -0.119. The first kappa shape index (κ1) is 10.2. The van der Waals surface area contributed by atoms with Gasteiger partial charge in [0.05, 0.1) is 6.26 Å². The highest BCUT2D eigenvalue weighted by Gasteiger charge is 2.40. The molecule has 1 aliphatic rings. The van der Waals surface area contributed by atoms with Gasteiger partial charge >= 0.3 is 0 Å². The zero-order chi connectivity index (χ0) is 10.1. The van der Waals surface area contributed by atoms with Gasteiger partial charge in [-0.1, -0.05) is 13.8 Å². The second kappa shape index (κ2) is 3.48. The lowest BCUT2D eigenvalue weighted by Gasteiger charge is -2.33. The summed E-state index contributed by atoms with van der Waals surface area (Å²) in [7, 11) is 0. The highest BCUT2D eigenvalue weighted by molar-refractivity contribution is 5.96. The summed E-state index contributed by atoms with van der Waals surface area (Å²) in [6, 6.07) is 0.